The number of nitrogens with zero attached hydrogens (tertiary/aromatic N) is 5. The van der Waals surface area contributed by atoms with Gasteiger partial charge in [-0.05, 0) is 38.0 Å². The lowest BCUT2D eigenvalue weighted by Gasteiger charge is -2.40. The number of rotatable bonds is 5. The molecule has 2 aromatic carbocycles. The largest absolute Gasteiger partial charge is 0.459 e. The van der Waals surface area contributed by atoms with Crippen molar-refractivity contribution in [2.45, 2.75) is 39.6 Å². The number of fused-ring (bicyclic) bond motifs is 3. The van der Waals surface area contributed by atoms with E-state index in [9.17, 15) is 14.4 Å². The molecule has 3 aliphatic heterocycles. The molecule has 2 unspecified atom stereocenters. The van der Waals surface area contributed by atoms with Crippen LogP contribution in [0.1, 0.15) is 25.0 Å². The summed E-state index contributed by atoms with van der Waals surface area (Å²) >= 11 is 0. The highest BCUT2D eigenvalue weighted by atomic mass is 16.5. The summed E-state index contributed by atoms with van der Waals surface area (Å²) in [5.41, 5.74) is 4.69. The Morgan fingerprint density at radius 2 is 1.66 bits per heavy atom. The first-order chi connectivity index (χ1) is 16.8. The Labute approximate surface area is 203 Å². The highest BCUT2D eigenvalue weighted by Crippen LogP contribution is 2.40. The molecule has 0 bridgehead atoms. The quantitative estimate of drug-likeness (QED) is 0.621. The number of amides is 3. The predicted molar refractivity (Wildman–Crippen MR) is 130 cm³/mol. The number of benzene rings is 2. The van der Waals surface area contributed by atoms with Crippen molar-refractivity contribution in [3.63, 3.8) is 0 Å². The van der Waals surface area contributed by atoms with E-state index in [-0.39, 0.29) is 6.61 Å². The maximum atomic E-state index is 13.6. The molecule has 0 aliphatic carbocycles. The van der Waals surface area contributed by atoms with E-state index in [1.807, 2.05) is 85.2 Å². The fourth-order valence-corrected chi connectivity index (χ4v) is 4.77. The van der Waals surface area contributed by atoms with Gasteiger partial charge in [0.05, 0.1) is 5.69 Å². The number of para-hydroxylation sites is 1. The molecule has 1 fully saturated rings. The van der Waals surface area contributed by atoms with E-state index in [4.69, 9.17) is 9.73 Å². The van der Waals surface area contributed by atoms with Crippen molar-refractivity contribution in [3.8, 4) is 0 Å². The highest BCUT2D eigenvalue weighted by Gasteiger charge is 2.56. The number of ether oxygens (including phenoxy) is 1. The zero-order valence-corrected chi connectivity index (χ0v) is 20.1. The molecule has 0 radical (unpaired) electrons. The molecule has 2 atom stereocenters. The molecule has 2 aromatic rings. The Morgan fingerprint density at radius 1 is 0.971 bits per heavy atom. The second kappa shape index (κ2) is 8.57. The van der Waals surface area contributed by atoms with Gasteiger partial charge in [0.1, 0.15) is 13.2 Å². The van der Waals surface area contributed by atoms with E-state index in [0.29, 0.717) is 5.96 Å². The van der Waals surface area contributed by atoms with Crippen LogP contribution in [0.4, 0.5) is 10.5 Å². The number of aliphatic imine (C=N–C) groups is 1. The topological polar surface area (TPSA) is 85.8 Å². The maximum absolute atomic E-state index is 13.6. The van der Waals surface area contributed by atoms with Crippen LogP contribution in [0.25, 0.3) is 0 Å². The van der Waals surface area contributed by atoms with Gasteiger partial charge in [0, 0.05) is 18.4 Å². The maximum Gasteiger partial charge on any atom is 0.328 e. The van der Waals surface area contributed by atoms with E-state index >= 15 is 0 Å². The Hall–Kier alpha value is -4.14. The normalized spacial score (nSPS) is 21.4. The second-order valence-electron chi connectivity index (χ2n) is 8.91. The summed E-state index contributed by atoms with van der Waals surface area (Å²) in [5.74, 6) is -0.508. The molecule has 0 aromatic heterocycles. The van der Waals surface area contributed by atoms with Crippen molar-refractivity contribution in [1.82, 2.24) is 14.7 Å². The Morgan fingerprint density at radius 3 is 2.37 bits per heavy atom. The Balaban J connectivity index is 1.39. The number of urea groups is 1. The smallest absolute Gasteiger partial charge is 0.328 e. The molecule has 9 nitrogen and oxygen atoms in total. The van der Waals surface area contributed by atoms with E-state index in [0.717, 1.165) is 33.1 Å². The number of imide groups is 1. The van der Waals surface area contributed by atoms with Crippen molar-refractivity contribution in [1.29, 1.82) is 0 Å². The highest BCUT2D eigenvalue weighted by molar-refractivity contribution is 6.11. The number of hydrogen-bond donors (Lipinski definition) is 0. The molecular formula is C26H27N5O4. The SMILES string of the molecule is CC1=C(C)N2C(=NC3C2C(=O)N(CC(=O)OCc2ccccc2)C(=O)N3C)N1c1ccccc1C. The summed E-state index contributed by atoms with van der Waals surface area (Å²) in [5, 5.41) is 0. The molecule has 3 amide bonds. The van der Waals surface area contributed by atoms with Gasteiger partial charge in [-0.1, -0.05) is 48.5 Å². The molecule has 0 saturated carbocycles. The predicted octanol–water partition coefficient (Wildman–Crippen LogP) is 3.07. The molecule has 0 N–H and O–H groups in total. The van der Waals surface area contributed by atoms with Gasteiger partial charge in [0.25, 0.3) is 5.91 Å². The van der Waals surface area contributed by atoms with Gasteiger partial charge in [-0.15, -0.1) is 0 Å². The third kappa shape index (κ3) is 3.63. The molecule has 3 aliphatic rings. The molecule has 3 heterocycles. The van der Waals surface area contributed by atoms with Crippen molar-refractivity contribution in [2.24, 2.45) is 4.99 Å². The summed E-state index contributed by atoms with van der Waals surface area (Å²) in [6, 6.07) is 15.9. The lowest BCUT2D eigenvalue weighted by molar-refractivity contribution is -0.151. The Bertz CT molecular complexity index is 1270. The summed E-state index contributed by atoms with van der Waals surface area (Å²) < 4.78 is 5.32. The Kier molecular flexibility index (Phi) is 5.55. The molecule has 0 spiro atoms. The number of carbonyl (C=O) groups is 3. The van der Waals surface area contributed by atoms with Gasteiger partial charge in [0.15, 0.2) is 12.2 Å². The zero-order chi connectivity index (χ0) is 24.9. The van der Waals surface area contributed by atoms with Gasteiger partial charge in [-0.25, -0.2) is 9.79 Å². The number of likely N-dealkylation sites (N-methyl/N-ethyl adjacent to an activating group) is 1. The van der Waals surface area contributed by atoms with Crippen LogP contribution in [0.2, 0.25) is 0 Å². The van der Waals surface area contributed by atoms with Gasteiger partial charge in [0.2, 0.25) is 5.96 Å². The number of allylic oxidation sites excluding steroid dienone is 2. The molecule has 180 valence electrons. The average Bonchev–Trinajstić information content (AvgIpc) is 3.35. The van der Waals surface area contributed by atoms with Crippen LogP contribution in [0.15, 0.2) is 71.0 Å². The number of aryl methyl sites for hydroxylation is 1. The van der Waals surface area contributed by atoms with Gasteiger partial charge < -0.3 is 9.64 Å². The molecule has 9 heteroatoms. The lowest BCUT2D eigenvalue weighted by Crippen LogP contribution is -2.65. The van der Waals surface area contributed by atoms with Crippen LogP contribution >= 0.6 is 0 Å². The first-order valence-electron chi connectivity index (χ1n) is 11.5. The van der Waals surface area contributed by atoms with Gasteiger partial charge in [-0.3, -0.25) is 24.3 Å². The minimum absolute atomic E-state index is 0.0730. The van der Waals surface area contributed by atoms with Crippen LogP contribution in [0.3, 0.4) is 0 Å². The fourth-order valence-electron chi connectivity index (χ4n) is 4.77. The molecular weight excluding hydrogens is 446 g/mol. The van der Waals surface area contributed by atoms with E-state index in [2.05, 4.69) is 0 Å². The molecule has 35 heavy (non-hydrogen) atoms. The number of guanidine groups is 1. The first-order valence-corrected chi connectivity index (χ1v) is 11.5. The van der Waals surface area contributed by atoms with Gasteiger partial charge in [-0.2, -0.15) is 0 Å². The molecule has 5 rings (SSSR count). The summed E-state index contributed by atoms with van der Waals surface area (Å²) in [4.78, 5) is 50.3. The first kappa shape index (κ1) is 22.6. The summed E-state index contributed by atoms with van der Waals surface area (Å²) in [7, 11) is 1.60. The van der Waals surface area contributed by atoms with E-state index in [1.165, 1.54) is 4.90 Å². The van der Waals surface area contributed by atoms with Crippen molar-refractivity contribution >= 4 is 29.6 Å². The number of anilines is 1. The minimum Gasteiger partial charge on any atom is -0.459 e. The standard InChI is InChI=1S/C26H27N5O4/c1-16-10-8-9-13-20(16)30-17(2)18(3)31-22-23(27-25(30)31)28(4)26(34)29(24(22)33)14-21(32)35-15-19-11-6-5-7-12-19/h5-13,22-23H,14-15H2,1-4H3. The van der Waals surface area contributed by atoms with Crippen molar-refractivity contribution in [3.05, 3.63) is 77.1 Å². The van der Waals surface area contributed by atoms with E-state index in [1.54, 1.807) is 7.05 Å². The van der Waals surface area contributed by atoms with Crippen LogP contribution in [-0.4, -0.2) is 64.4 Å². The number of esters is 1. The monoisotopic (exact) mass is 473 g/mol. The minimum atomic E-state index is -0.751. The van der Waals surface area contributed by atoms with Crippen LogP contribution in [-0.2, 0) is 20.9 Å². The number of hydrogen-bond acceptors (Lipinski definition) is 7. The second-order valence-corrected chi connectivity index (χ2v) is 8.91. The van der Waals surface area contributed by atoms with Crippen molar-refractivity contribution in [2.75, 3.05) is 18.5 Å². The van der Waals surface area contributed by atoms with Crippen molar-refractivity contribution < 1.29 is 19.1 Å². The third-order valence-electron chi connectivity index (χ3n) is 6.78. The van der Waals surface area contributed by atoms with Crippen LogP contribution < -0.4 is 4.90 Å². The van der Waals surface area contributed by atoms with E-state index < -0.39 is 36.7 Å². The van der Waals surface area contributed by atoms with Crippen LogP contribution in [0, 0.1) is 6.92 Å². The van der Waals surface area contributed by atoms with Crippen LogP contribution in [0.5, 0.6) is 0 Å². The average molecular weight is 474 g/mol. The number of carbonyl (C=O) groups excluding carboxylic acids is 3. The molecule has 1 saturated heterocycles. The summed E-state index contributed by atoms with van der Waals surface area (Å²) in [6.45, 7) is 5.56. The lowest BCUT2D eigenvalue weighted by atomic mass is 10.1. The van der Waals surface area contributed by atoms with Gasteiger partial charge >= 0.3 is 12.0 Å². The fraction of sp³-hybridized carbons (Fsp3) is 0.308. The summed E-state index contributed by atoms with van der Waals surface area (Å²) in [6.07, 6.45) is -0.684. The third-order valence-corrected chi connectivity index (χ3v) is 6.78. The zero-order valence-electron chi connectivity index (χ0n) is 20.1.